The minimum atomic E-state index is -3.82. The molecular formula is C18H18N4O4S2. The zero-order valence-corrected chi connectivity index (χ0v) is 17.0. The van der Waals surface area contributed by atoms with Gasteiger partial charge in [0, 0.05) is 18.0 Å². The van der Waals surface area contributed by atoms with Crippen LogP contribution in [0.5, 0.6) is 5.75 Å². The van der Waals surface area contributed by atoms with Crippen LogP contribution >= 0.6 is 11.3 Å². The Morgan fingerprint density at radius 3 is 2.64 bits per heavy atom. The summed E-state index contributed by atoms with van der Waals surface area (Å²) in [6, 6.07) is 6.62. The van der Waals surface area contributed by atoms with Gasteiger partial charge in [-0.25, -0.2) is 13.4 Å². The largest absolute Gasteiger partial charge is 0.496 e. The summed E-state index contributed by atoms with van der Waals surface area (Å²) in [6.07, 6.45) is 4.04. The Morgan fingerprint density at radius 2 is 1.96 bits per heavy atom. The van der Waals surface area contributed by atoms with Gasteiger partial charge in [-0.15, -0.1) is 0 Å². The number of amides is 1. The van der Waals surface area contributed by atoms with Gasteiger partial charge < -0.3 is 10.1 Å². The lowest BCUT2D eigenvalue weighted by molar-refractivity contribution is 0.103. The van der Waals surface area contributed by atoms with Gasteiger partial charge in [0.25, 0.3) is 15.9 Å². The standard InChI is InChI=1S/C18H18N4O4S2/c1-11-6-7-14(26-3)12(2)16(11)21-17(23)15-10-20-18(27-15)22-28(24,25)13-5-4-8-19-9-13/h4-10H,1-3H3,(H,20,22)(H,21,23). The number of pyridine rings is 1. The summed E-state index contributed by atoms with van der Waals surface area (Å²) in [4.78, 5) is 20.7. The molecule has 0 saturated carbocycles. The molecule has 0 aliphatic rings. The lowest BCUT2D eigenvalue weighted by Crippen LogP contribution is -2.13. The van der Waals surface area contributed by atoms with E-state index in [0.29, 0.717) is 11.4 Å². The number of benzene rings is 1. The van der Waals surface area contributed by atoms with E-state index in [1.165, 1.54) is 30.7 Å². The van der Waals surface area contributed by atoms with Gasteiger partial charge in [0.15, 0.2) is 5.13 Å². The average molecular weight is 419 g/mol. The molecule has 0 radical (unpaired) electrons. The minimum Gasteiger partial charge on any atom is -0.496 e. The molecular weight excluding hydrogens is 400 g/mol. The number of thiazole rings is 1. The van der Waals surface area contributed by atoms with Crippen LogP contribution in [0, 0.1) is 13.8 Å². The number of nitrogens with one attached hydrogen (secondary N) is 2. The fourth-order valence-corrected chi connectivity index (χ4v) is 4.44. The molecule has 0 aliphatic carbocycles. The normalized spacial score (nSPS) is 11.1. The van der Waals surface area contributed by atoms with Gasteiger partial charge in [0.05, 0.1) is 19.0 Å². The quantitative estimate of drug-likeness (QED) is 0.636. The molecule has 0 aliphatic heterocycles. The van der Waals surface area contributed by atoms with E-state index >= 15 is 0 Å². The first-order valence-corrected chi connectivity index (χ1v) is 10.5. The summed E-state index contributed by atoms with van der Waals surface area (Å²) >= 11 is 0.938. The molecule has 8 nitrogen and oxygen atoms in total. The molecule has 0 atom stereocenters. The number of sulfonamides is 1. The van der Waals surface area contributed by atoms with Crippen LogP contribution in [0.3, 0.4) is 0 Å². The lowest BCUT2D eigenvalue weighted by atomic mass is 10.1. The van der Waals surface area contributed by atoms with Crippen molar-refractivity contribution in [1.29, 1.82) is 0 Å². The van der Waals surface area contributed by atoms with Crippen molar-refractivity contribution in [1.82, 2.24) is 9.97 Å². The lowest BCUT2D eigenvalue weighted by Gasteiger charge is -2.14. The second kappa shape index (κ2) is 7.95. The number of nitrogens with zero attached hydrogens (tertiary/aromatic N) is 2. The number of rotatable bonds is 6. The predicted octanol–water partition coefficient (Wildman–Crippen LogP) is 3.22. The van der Waals surface area contributed by atoms with Crippen molar-refractivity contribution in [2.75, 3.05) is 17.1 Å². The molecule has 3 rings (SSSR count). The monoisotopic (exact) mass is 418 g/mol. The summed E-state index contributed by atoms with van der Waals surface area (Å²) in [6.45, 7) is 3.73. The number of carbonyl (C=O) groups excluding carboxylic acids is 1. The van der Waals surface area contributed by atoms with E-state index < -0.39 is 10.0 Å². The highest BCUT2D eigenvalue weighted by atomic mass is 32.2. The van der Waals surface area contributed by atoms with Crippen molar-refractivity contribution in [3.63, 3.8) is 0 Å². The second-order valence-electron chi connectivity index (χ2n) is 5.86. The van der Waals surface area contributed by atoms with Crippen LogP contribution in [0.2, 0.25) is 0 Å². The highest BCUT2D eigenvalue weighted by Crippen LogP contribution is 2.30. The van der Waals surface area contributed by atoms with Crippen LogP contribution in [0.1, 0.15) is 20.8 Å². The fraction of sp³-hybridized carbons (Fsp3) is 0.167. The average Bonchev–Trinajstić information content (AvgIpc) is 3.14. The summed E-state index contributed by atoms with van der Waals surface area (Å²) in [5.74, 6) is 0.277. The molecule has 3 aromatic rings. The van der Waals surface area contributed by atoms with E-state index in [9.17, 15) is 13.2 Å². The Labute approximate surface area is 166 Å². The van der Waals surface area contributed by atoms with Crippen molar-refractivity contribution >= 4 is 38.1 Å². The van der Waals surface area contributed by atoms with Crippen LogP contribution in [-0.2, 0) is 10.0 Å². The number of carbonyl (C=O) groups is 1. The van der Waals surface area contributed by atoms with Gasteiger partial charge in [0.1, 0.15) is 15.5 Å². The molecule has 0 spiro atoms. The molecule has 0 fully saturated rings. The third-order valence-electron chi connectivity index (χ3n) is 3.98. The zero-order chi connectivity index (χ0) is 20.3. The second-order valence-corrected chi connectivity index (χ2v) is 8.58. The molecule has 146 valence electrons. The Kier molecular flexibility index (Phi) is 5.61. The maximum atomic E-state index is 12.6. The van der Waals surface area contributed by atoms with Gasteiger partial charge in [-0.1, -0.05) is 17.4 Å². The van der Waals surface area contributed by atoms with E-state index in [-0.39, 0.29) is 20.8 Å². The number of hydrogen-bond donors (Lipinski definition) is 2. The highest BCUT2D eigenvalue weighted by molar-refractivity contribution is 7.93. The first-order valence-electron chi connectivity index (χ1n) is 8.16. The minimum absolute atomic E-state index is 0.0128. The molecule has 0 unspecified atom stereocenters. The van der Waals surface area contributed by atoms with Crippen LogP contribution < -0.4 is 14.8 Å². The molecule has 2 N–H and O–H groups in total. The van der Waals surface area contributed by atoms with Gasteiger partial charge in [-0.05, 0) is 37.6 Å². The van der Waals surface area contributed by atoms with Crippen LogP contribution in [0.15, 0.2) is 47.8 Å². The Bertz CT molecular complexity index is 1110. The van der Waals surface area contributed by atoms with Crippen molar-refractivity contribution in [2.24, 2.45) is 0 Å². The zero-order valence-electron chi connectivity index (χ0n) is 15.4. The Morgan fingerprint density at radius 1 is 1.18 bits per heavy atom. The maximum Gasteiger partial charge on any atom is 0.267 e. The molecule has 1 aromatic carbocycles. The molecule has 10 heteroatoms. The van der Waals surface area contributed by atoms with Gasteiger partial charge in [-0.3, -0.25) is 14.5 Å². The maximum absolute atomic E-state index is 12.6. The van der Waals surface area contributed by atoms with E-state index in [2.05, 4.69) is 20.0 Å². The SMILES string of the molecule is COc1ccc(C)c(NC(=O)c2cnc(NS(=O)(=O)c3cccnc3)s2)c1C. The third kappa shape index (κ3) is 4.12. The predicted molar refractivity (Wildman–Crippen MR) is 108 cm³/mol. The number of aryl methyl sites for hydroxylation is 1. The molecule has 28 heavy (non-hydrogen) atoms. The summed E-state index contributed by atoms with van der Waals surface area (Å²) in [5, 5.41) is 2.93. The van der Waals surface area contributed by atoms with Crippen molar-refractivity contribution in [3.05, 3.63) is 58.9 Å². The fourth-order valence-electron chi connectivity index (χ4n) is 2.52. The number of methoxy groups -OCH3 is 1. The number of hydrogen-bond acceptors (Lipinski definition) is 7. The summed E-state index contributed by atoms with van der Waals surface area (Å²) in [7, 11) is -2.26. The van der Waals surface area contributed by atoms with E-state index in [1.54, 1.807) is 7.11 Å². The van der Waals surface area contributed by atoms with Gasteiger partial charge in [0.2, 0.25) is 0 Å². The van der Waals surface area contributed by atoms with Crippen molar-refractivity contribution < 1.29 is 17.9 Å². The van der Waals surface area contributed by atoms with Crippen LogP contribution in [0.4, 0.5) is 10.8 Å². The topological polar surface area (TPSA) is 110 Å². The smallest absolute Gasteiger partial charge is 0.267 e. The third-order valence-corrected chi connectivity index (χ3v) is 6.34. The van der Waals surface area contributed by atoms with E-state index in [1.807, 2.05) is 26.0 Å². The first kappa shape index (κ1) is 19.8. The molecule has 1 amide bonds. The van der Waals surface area contributed by atoms with Crippen LogP contribution in [-0.4, -0.2) is 31.4 Å². The molecule has 2 aromatic heterocycles. The van der Waals surface area contributed by atoms with Crippen LogP contribution in [0.25, 0.3) is 0 Å². The van der Waals surface area contributed by atoms with Gasteiger partial charge >= 0.3 is 0 Å². The summed E-state index contributed by atoms with van der Waals surface area (Å²) < 4.78 is 32.3. The summed E-state index contributed by atoms with van der Waals surface area (Å²) in [5.41, 5.74) is 2.33. The van der Waals surface area contributed by atoms with E-state index in [0.717, 1.165) is 22.5 Å². The molecule has 0 saturated heterocycles. The van der Waals surface area contributed by atoms with Crippen molar-refractivity contribution in [2.45, 2.75) is 18.7 Å². The Balaban J connectivity index is 1.79. The molecule has 0 bridgehead atoms. The number of anilines is 2. The number of aromatic nitrogens is 2. The first-order chi connectivity index (χ1) is 13.3. The highest BCUT2D eigenvalue weighted by Gasteiger charge is 2.19. The number of ether oxygens (including phenoxy) is 1. The van der Waals surface area contributed by atoms with Crippen molar-refractivity contribution in [3.8, 4) is 5.75 Å². The Hall–Kier alpha value is -2.98. The van der Waals surface area contributed by atoms with Gasteiger partial charge in [-0.2, -0.15) is 0 Å². The van der Waals surface area contributed by atoms with E-state index in [4.69, 9.17) is 4.74 Å². The molecule has 2 heterocycles.